The van der Waals surface area contributed by atoms with E-state index in [2.05, 4.69) is 15.8 Å². The highest BCUT2D eigenvalue weighted by Gasteiger charge is 2.15. The van der Waals surface area contributed by atoms with E-state index in [1.807, 2.05) is 36.4 Å². The molecule has 0 spiro atoms. The zero-order chi connectivity index (χ0) is 15.8. The summed E-state index contributed by atoms with van der Waals surface area (Å²) < 4.78 is 0. The summed E-state index contributed by atoms with van der Waals surface area (Å²) in [6, 6.07) is 17.5. The van der Waals surface area contributed by atoms with Crippen molar-refractivity contribution in [3.8, 4) is 0 Å². The molecule has 0 aromatic heterocycles. The summed E-state index contributed by atoms with van der Waals surface area (Å²) in [5.41, 5.74) is 3.79. The summed E-state index contributed by atoms with van der Waals surface area (Å²) in [5, 5.41) is 6.49. The molecule has 22 heavy (non-hydrogen) atoms. The zero-order valence-corrected chi connectivity index (χ0v) is 12.2. The first kappa shape index (κ1) is 15.4. The monoisotopic (exact) mass is 295 g/mol. The molecule has 0 bridgehead atoms. The first-order chi connectivity index (χ1) is 10.7. The van der Waals surface area contributed by atoms with Gasteiger partial charge in [0.1, 0.15) is 6.04 Å². The van der Waals surface area contributed by atoms with Crippen molar-refractivity contribution < 1.29 is 9.59 Å². The van der Waals surface area contributed by atoms with Crippen LogP contribution in [0.1, 0.15) is 22.8 Å². The van der Waals surface area contributed by atoms with Crippen molar-refractivity contribution in [1.29, 1.82) is 0 Å². The van der Waals surface area contributed by atoms with Crippen molar-refractivity contribution in [2.45, 2.75) is 13.0 Å². The van der Waals surface area contributed by atoms with Crippen LogP contribution in [0.25, 0.3) is 0 Å². The van der Waals surface area contributed by atoms with Gasteiger partial charge < -0.3 is 5.32 Å². The largest absolute Gasteiger partial charge is 0.340 e. The molecule has 2 rings (SSSR count). The molecule has 0 saturated carbocycles. The average molecular weight is 295 g/mol. The Balaban J connectivity index is 1.85. The van der Waals surface area contributed by atoms with Gasteiger partial charge in [-0.1, -0.05) is 48.5 Å². The van der Waals surface area contributed by atoms with Crippen molar-refractivity contribution in [2.24, 2.45) is 5.10 Å². The Hall–Kier alpha value is -2.95. The first-order valence-corrected chi connectivity index (χ1v) is 6.90. The molecule has 0 aliphatic carbocycles. The summed E-state index contributed by atoms with van der Waals surface area (Å²) in [6.07, 6.45) is 1.55. The molecule has 5 nitrogen and oxygen atoms in total. The van der Waals surface area contributed by atoms with Gasteiger partial charge in [0.15, 0.2) is 0 Å². The molecule has 0 unspecified atom stereocenters. The van der Waals surface area contributed by atoms with Crippen LogP contribution in [0.4, 0.5) is 0 Å². The average Bonchev–Trinajstić information content (AvgIpc) is 2.56. The minimum atomic E-state index is -0.680. The first-order valence-electron chi connectivity index (χ1n) is 6.90. The lowest BCUT2D eigenvalue weighted by Crippen LogP contribution is -2.43. The van der Waals surface area contributed by atoms with Gasteiger partial charge in [-0.15, -0.1) is 0 Å². The zero-order valence-electron chi connectivity index (χ0n) is 12.2. The molecule has 2 amide bonds. The highest BCUT2D eigenvalue weighted by molar-refractivity contribution is 5.97. The van der Waals surface area contributed by atoms with Crippen molar-refractivity contribution in [1.82, 2.24) is 10.7 Å². The fourth-order valence-electron chi connectivity index (χ4n) is 1.74. The highest BCUT2D eigenvalue weighted by atomic mass is 16.2. The van der Waals surface area contributed by atoms with E-state index in [1.165, 1.54) is 0 Å². The minimum absolute atomic E-state index is 0.296. The molecule has 2 aromatic rings. The van der Waals surface area contributed by atoms with E-state index in [0.717, 1.165) is 5.56 Å². The Morgan fingerprint density at radius 2 is 1.59 bits per heavy atom. The van der Waals surface area contributed by atoms with E-state index in [0.29, 0.717) is 5.56 Å². The third-order valence-electron chi connectivity index (χ3n) is 2.96. The van der Waals surface area contributed by atoms with Crippen LogP contribution in [0.15, 0.2) is 65.8 Å². The standard InChI is InChI=1S/C17H17N3O2/c1-13(19-17(22)15-10-6-3-7-11-15)16(21)20-18-12-14-8-4-2-5-9-14/h2-13H,1H3,(H,19,22)(H,20,21)/b18-12-/t13-/m0/s1. The molecule has 5 heteroatoms. The quantitative estimate of drug-likeness (QED) is 0.654. The molecule has 0 saturated heterocycles. The molecule has 0 fully saturated rings. The third kappa shape index (κ3) is 4.56. The third-order valence-corrected chi connectivity index (χ3v) is 2.96. The Morgan fingerprint density at radius 1 is 1.00 bits per heavy atom. The van der Waals surface area contributed by atoms with Crippen molar-refractivity contribution in [3.63, 3.8) is 0 Å². The number of carbonyl (C=O) groups is 2. The Morgan fingerprint density at radius 3 is 2.23 bits per heavy atom. The second kappa shape index (κ2) is 7.73. The summed E-state index contributed by atoms with van der Waals surface area (Å²) in [7, 11) is 0. The van der Waals surface area contributed by atoms with Crippen molar-refractivity contribution >= 4 is 18.0 Å². The van der Waals surface area contributed by atoms with Crippen molar-refractivity contribution in [3.05, 3.63) is 71.8 Å². The molecular weight excluding hydrogens is 278 g/mol. The van der Waals surface area contributed by atoms with Gasteiger partial charge in [0, 0.05) is 5.56 Å². The summed E-state index contributed by atoms with van der Waals surface area (Å²) >= 11 is 0. The molecule has 0 heterocycles. The van der Waals surface area contributed by atoms with Gasteiger partial charge in [-0.25, -0.2) is 5.43 Å². The Kier molecular flexibility index (Phi) is 5.43. The predicted molar refractivity (Wildman–Crippen MR) is 85.5 cm³/mol. The van der Waals surface area contributed by atoms with Gasteiger partial charge in [0.05, 0.1) is 6.21 Å². The van der Waals surface area contributed by atoms with E-state index in [1.54, 1.807) is 37.4 Å². The van der Waals surface area contributed by atoms with Gasteiger partial charge in [0.25, 0.3) is 11.8 Å². The van der Waals surface area contributed by atoms with E-state index in [-0.39, 0.29) is 11.8 Å². The van der Waals surface area contributed by atoms with E-state index in [4.69, 9.17) is 0 Å². The van der Waals surface area contributed by atoms with Crippen LogP contribution >= 0.6 is 0 Å². The normalized spacial score (nSPS) is 11.9. The Bertz CT molecular complexity index is 654. The fraction of sp³-hybridized carbons (Fsp3) is 0.118. The predicted octanol–water partition coefficient (Wildman–Crippen LogP) is 1.96. The van der Waals surface area contributed by atoms with Crippen LogP contribution in [0, 0.1) is 0 Å². The van der Waals surface area contributed by atoms with E-state index < -0.39 is 6.04 Å². The number of hydrazone groups is 1. The van der Waals surface area contributed by atoms with Gasteiger partial charge in [-0.2, -0.15) is 5.10 Å². The number of nitrogens with one attached hydrogen (secondary N) is 2. The smallest absolute Gasteiger partial charge is 0.262 e. The SMILES string of the molecule is C[C@H](NC(=O)c1ccccc1)C(=O)N/N=C\c1ccccc1. The summed E-state index contributed by atoms with van der Waals surface area (Å²) in [4.78, 5) is 23.8. The number of rotatable bonds is 5. The molecule has 0 aliphatic heterocycles. The Labute approximate surface area is 129 Å². The van der Waals surface area contributed by atoms with Crippen LogP contribution in [0.3, 0.4) is 0 Å². The number of hydrogen-bond acceptors (Lipinski definition) is 3. The fourth-order valence-corrected chi connectivity index (χ4v) is 1.74. The second-order valence-electron chi connectivity index (χ2n) is 4.71. The van der Waals surface area contributed by atoms with Crippen LogP contribution in [-0.4, -0.2) is 24.1 Å². The summed E-state index contributed by atoms with van der Waals surface area (Å²) in [5.74, 6) is -0.674. The van der Waals surface area contributed by atoms with Crippen LogP contribution in [-0.2, 0) is 4.79 Å². The number of amides is 2. The van der Waals surface area contributed by atoms with Crippen LogP contribution < -0.4 is 10.7 Å². The molecule has 2 aromatic carbocycles. The lowest BCUT2D eigenvalue weighted by molar-refractivity contribution is -0.122. The number of hydrogen-bond donors (Lipinski definition) is 2. The maximum atomic E-state index is 11.9. The maximum Gasteiger partial charge on any atom is 0.262 e. The van der Waals surface area contributed by atoms with Gasteiger partial charge in [-0.3, -0.25) is 9.59 Å². The van der Waals surface area contributed by atoms with Crippen LogP contribution in [0.5, 0.6) is 0 Å². The van der Waals surface area contributed by atoms with E-state index in [9.17, 15) is 9.59 Å². The molecule has 112 valence electrons. The van der Waals surface area contributed by atoms with E-state index >= 15 is 0 Å². The molecule has 0 aliphatic rings. The number of nitrogens with zero attached hydrogens (tertiary/aromatic N) is 1. The maximum absolute atomic E-state index is 11.9. The van der Waals surface area contributed by atoms with Gasteiger partial charge >= 0.3 is 0 Å². The number of carbonyl (C=O) groups excluding carboxylic acids is 2. The molecule has 1 atom stereocenters. The molecule has 0 radical (unpaired) electrons. The minimum Gasteiger partial charge on any atom is -0.340 e. The topological polar surface area (TPSA) is 70.6 Å². The van der Waals surface area contributed by atoms with Crippen molar-refractivity contribution in [2.75, 3.05) is 0 Å². The van der Waals surface area contributed by atoms with Gasteiger partial charge in [-0.05, 0) is 24.6 Å². The van der Waals surface area contributed by atoms with Gasteiger partial charge in [0.2, 0.25) is 0 Å². The molecule has 2 N–H and O–H groups in total. The summed E-state index contributed by atoms with van der Waals surface area (Å²) in [6.45, 7) is 1.61. The highest BCUT2D eigenvalue weighted by Crippen LogP contribution is 1.99. The lowest BCUT2D eigenvalue weighted by Gasteiger charge is -2.12. The second-order valence-corrected chi connectivity index (χ2v) is 4.71. The molecular formula is C17H17N3O2. The van der Waals surface area contributed by atoms with Crippen LogP contribution in [0.2, 0.25) is 0 Å². The lowest BCUT2D eigenvalue weighted by atomic mass is 10.2. The number of benzene rings is 2.